The van der Waals surface area contributed by atoms with Crippen LogP contribution in [0.25, 0.3) is 0 Å². The lowest BCUT2D eigenvalue weighted by molar-refractivity contribution is -0.164. The molecule has 152 valence electrons. The number of carbonyl (C=O) groups excluding carboxylic acids is 4. The van der Waals surface area contributed by atoms with E-state index >= 15 is 0 Å². The summed E-state index contributed by atoms with van der Waals surface area (Å²) in [5.74, 6) is -3.18. The van der Waals surface area contributed by atoms with E-state index in [4.69, 9.17) is 0 Å². The molecule has 0 bridgehead atoms. The number of hydrogen-bond donors (Lipinski definition) is 0. The van der Waals surface area contributed by atoms with Gasteiger partial charge in [0.1, 0.15) is 0 Å². The molecule has 4 aliphatic rings. The number of allylic oxidation sites excluding steroid dienone is 2. The molecule has 0 spiro atoms. The molecule has 4 rings (SSSR count). The smallest absolute Gasteiger partial charge is 0.272 e. The molecule has 2 atom stereocenters. The molecule has 3 heterocycles. The molecule has 29 heavy (non-hydrogen) atoms. The lowest BCUT2D eigenvalue weighted by Crippen LogP contribution is -2.59. The zero-order valence-corrected chi connectivity index (χ0v) is 16.8. The second-order valence-corrected chi connectivity index (χ2v) is 8.26. The summed E-state index contributed by atoms with van der Waals surface area (Å²) in [6, 6.07) is -0.314. The number of hydrogen-bond acceptors (Lipinski definition) is 5. The van der Waals surface area contributed by atoms with Gasteiger partial charge in [-0.3, -0.25) is 24.1 Å². The molecule has 7 nitrogen and oxygen atoms in total. The average molecular weight is 395 g/mol. The van der Waals surface area contributed by atoms with Gasteiger partial charge in [-0.15, -0.1) is 0 Å². The summed E-state index contributed by atoms with van der Waals surface area (Å²) >= 11 is 0. The van der Waals surface area contributed by atoms with Gasteiger partial charge in [0.25, 0.3) is 23.6 Å². The monoisotopic (exact) mass is 395 g/mol. The van der Waals surface area contributed by atoms with Gasteiger partial charge in [0, 0.05) is 53.3 Å². The molecule has 3 saturated heterocycles. The minimum atomic E-state index is -0.731. The van der Waals surface area contributed by atoms with E-state index in [-0.39, 0.29) is 17.2 Å². The number of piperidine rings is 3. The second kappa shape index (κ2) is 6.91. The van der Waals surface area contributed by atoms with Crippen LogP contribution in [0, 0.1) is 11.8 Å². The minimum absolute atomic E-state index is 0.216. The van der Waals surface area contributed by atoms with Gasteiger partial charge in [-0.2, -0.15) is 0 Å². The topological polar surface area (TPSA) is 78.0 Å². The van der Waals surface area contributed by atoms with Crippen molar-refractivity contribution >= 4 is 23.6 Å². The molecule has 0 radical (unpaired) electrons. The van der Waals surface area contributed by atoms with Crippen LogP contribution in [0.1, 0.15) is 33.1 Å². The van der Waals surface area contributed by atoms with Crippen LogP contribution in [0.2, 0.25) is 0 Å². The first-order chi connectivity index (χ1) is 13.8. The van der Waals surface area contributed by atoms with Crippen molar-refractivity contribution in [1.29, 1.82) is 0 Å². The number of hydrazine groups is 1. The third kappa shape index (κ3) is 2.75. The second-order valence-electron chi connectivity index (χ2n) is 8.26. The van der Waals surface area contributed by atoms with Gasteiger partial charge in [-0.1, -0.05) is 31.7 Å². The first-order valence-electron chi connectivity index (χ1n) is 10.1. The van der Waals surface area contributed by atoms with Crippen LogP contribution >= 0.6 is 0 Å². The Morgan fingerprint density at radius 3 is 1.86 bits per heavy atom. The molecule has 0 aromatic carbocycles. The summed E-state index contributed by atoms with van der Waals surface area (Å²) < 4.78 is 0. The van der Waals surface area contributed by atoms with E-state index in [1.54, 1.807) is 31.0 Å². The van der Waals surface area contributed by atoms with E-state index in [9.17, 15) is 19.2 Å². The highest BCUT2D eigenvalue weighted by Gasteiger charge is 2.53. The molecule has 3 aliphatic heterocycles. The maximum Gasteiger partial charge on any atom is 0.272 e. The van der Waals surface area contributed by atoms with E-state index < -0.39 is 35.5 Å². The quantitative estimate of drug-likeness (QED) is 0.526. The number of nitrogens with zero attached hydrogens (tertiary/aromatic N) is 3. The van der Waals surface area contributed by atoms with Crippen LogP contribution in [-0.4, -0.2) is 57.7 Å². The molecular weight excluding hydrogens is 370 g/mol. The van der Waals surface area contributed by atoms with Crippen LogP contribution in [0.5, 0.6) is 0 Å². The Balaban J connectivity index is 1.77. The van der Waals surface area contributed by atoms with Crippen LogP contribution in [0.3, 0.4) is 0 Å². The summed E-state index contributed by atoms with van der Waals surface area (Å²) in [4.78, 5) is 53.3. The Morgan fingerprint density at radius 2 is 1.31 bits per heavy atom. The maximum absolute atomic E-state index is 13.2. The van der Waals surface area contributed by atoms with E-state index in [1.807, 2.05) is 0 Å². The first kappa shape index (κ1) is 19.5. The van der Waals surface area contributed by atoms with Crippen molar-refractivity contribution in [3.05, 3.63) is 47.6 Å². The number of amides is 4. The zero-order valence-electron chi connectivity index (χ0n) is 16.8. The third-order valence-electron chi connectivity index (χ3n) is 6.19. The van der Waals surface area contributed by atoms with Crippen LogP contribution in [0.4, 0.5) is 0 Å². The van der Waals surface area contributed by atoms with Crippen LogP contribution < -0.4 is 0 Å². The van der Waals surface area contributed by atoms with Gasteiger partial charge in [0.2, 0.25) is 0 Å². The highest BCUT2D eigenvalue weighted by Crippen LogP contribution is 2.47. The molecule has 2 unspecified atom stereocenters. The summed E-state index contributed by atoms with van der Waals surface area (Å²) in [6.45, 7) is 12.7. The van der Waals surface area contributed by atoms with Gasteiger partial charge in [-0.25, -0.2) is 10.0 Å². The molecule has 7 heteroatoms. The van der Waals surface area contributed by atoms with Crippen LogP contribution in [-0.2, 0) is 19.2 Å². The third-order valence-corrected chi connectivity index (χ3v) is 6.19. The van der Waals surface area contributed by atoms with Crippen molar-refractivity contribution in [1.82, 2.24) is 14.9 Å². The Morgan fingerprint density at radius 1 is 0.793 bits per heavy atom. The minimum Gasteiger partial charge on any atom is -0.272 e. The summed E-state index contributed by atoms with van der Waals surface area (Å²) in [7, 11) is 0. The predicted molar refractivity (Wildman–Crippen MR) is 106 cm³/mol. The largest absolute Gasteiger partial charge is 0.272 e. The highest BCUT2D eigenvalue weighted by atomic mass is 16.2. The van der Waals surface area contributed by atoms with Crippen molar-refractivity contribution < 1.29 is 19.2 Å². The number of fused-ring (bicyclic) bond motifs is 3. The van der Waals surface area contributed by atoms with Crippen molar-refractivity contribution in [3.63, 3.8) is 0 Å². The van der Waals surface area contributed by atoms with E-state index in [0.29, 0.717) is 24.2 Å². The van der Waals surface area contributed by atoms with Crippen LogP contribution in [0.15, 0.2) is 47.6 Å². The fourth-order valence-electron chi connectivity index (χ4n) is 4.74. The molecule has 0 saturated carbocycles. The Bertz CT molecular complexity index is 920. The van der Waals surface area contributed by atoms with Crippen molar-refractivity contribution in [2.75, 3.05) is 13.1 Å². The molecule has 0 N–H and O–H groups in total. The number of imide groups is 2. The average Bonchev–Trinajstić information content (AvgIpc) is 2.70. The van der Waals surface area contributed by atoms with Gasteiger partial charge in [-0.05, 0) is 26.7 Å². The lowest BCUT2D eigenvalue weighted by atomic mass is 9.66. The van der Waals surface area contributed by atoms with Crippen molar-refractivity contribution in [2.45, 2.75) is 39.2 Å². The lowest BCUT2D eigenvalue weighted by Gasteiger charge is -2.46. The number of likely N-dealkylation sites (tertiary alicyclic amines) is 1. The molecule has 0 aromatic rings. The maximum atomic E-state index is 13.2. The normalized spacial score (nSPS) is 28.5. The first-order valence-corrected chi connectivity index (χ1v) is 10.1. The van der Waals surface area contributed by atoms with E-state index in [1.165, 1.54) is 9.91 Å². The van der Waals surface area contributed by atoms with Gasteiger partial charge < -0.3 is 0 Å². The zero-order chi connectivity index (χ0) is 21.0. The Kier molecular flexibility index (Phi) is 4.65. The van der Waals surface area contributed by atoms with Gasteiger partial charge in [0.15, 0.2) is 0 Å². The summed E-state index contributed by atoms with van der Waals surface area (Å²) in [6.07, 6.45) is 6.12. The SMILES string of the molecule is C=C1C(=O)N(C(C)C)C(=O)C2=CC=C3C(=O)N(N4CCCCC4)C(=O)C(=C)C3C12. The number of rotatable bonds is 2. The molecule has 3 fully saturated rings. The molecule has 4 amide bonds. The fourth-order valence-corrected chi connectivity index (χ4v) is 4.74. The molecule has 1 aliphatic carbocycles. The fraction of sp³-hybridized carbons (Fsp3) is 0.455. The predicted octanol–water partition coefficient (Wildman–Crippen LogP) is 1.74. The standard InChI is InChI=1S/C22H25N3O4/c1-12(2)24-19(26)13(3)17-15(21(24)28)8-9-16-18(17)14(4)20(27)25(22(16)29)23-10-6-5-7-11-23/h8-9,12,17-18H,3-7,10-11H2,1-2H3. The Hall–Kier alpha value is -2.80. The Labute approximate surface area is 170 Å². The van der Waals surface area contributed by atoms with Gasteiger partial charge >= 0.3 is 0 Å². The van der Waals surface area contributed by atoms with Crippen molar-refractivity contribution in [2.24, 2.45) is 11.8 Å². The van der Waals surface area contributed by atoms with E-state index in [0.717, 1.165) is 19.3 Å². The van der Waals surface area contributed by atoms with Crippen molar-refractivity contribution in [3.8, 4) is 0 Å². The number of carbonyl (C=O) groups is 4. The molecule has 0 aromatic heterocycles. The van der Waals surface area contributed by atoms with Gasteiger partial charge in [0.05, 0.1) is 0 Å². The highest BCUT2D eigenvalue weighted by molar-refractivity contribution is 6.19. The summed E-state index contributed by atoms with van der Waals surface area (Å²) in [5, 5.41) is 2.97. The van der Waals surface area contributed by atoms with E-state index in [2.05, 4.69) is 13.2 Å². The summed E-state index contributed by atoms with van der Waals surface area (Å²) in [5.41, 5.74) is 1.20. The molecular formula is C22H25N3O4.